The van der Waals surface area contributed by atoms with Gasteiger partial charge in [0, 0.05) is 17.8 Å². The van der Waals surface area contributed by atoms with Crippen molar-refractivity contribution in [1.29, 1.82) is 0 Å². The molecule has 0 spiro atoms. The second-order valence-electron chi connectivity index (χ2n) is 5.37. The molecule has 1 saturated carbocycles. The van der Waals surface area contributed by atoms with Crippen LogP contribution in [-0.4, -0.2) is 16.1 Å². The monoisotopic (exact) mass is 269 g/mol. The molecule has 1 amide bonds. The van der Waals surface area contributed by atoms with Crippen LogP contribution in [0.15, 0.2) is 36.5 Å². The van der Waals surface area contributed by atoms with Crippen molar-refractivity contribution >= 4 is 11.6 Å². The number of benzene rings is 1. The molecule has 2 N–H and O–H groups in total. The molecule has 0 unspecified atom stereocenters. The van der Waals surface area contributed by atoms with Gasteiger partial charge in [-0.1, -0.05) is 31.4 Å². The summed E-state index contributed by atoms with van der Waals surface area (Å²) in [6.07, 6.45) is 7.40. The lowest BCUT2D eigenvalue weighted by molar-refractivity contribution is -0.120. The van der Waals surface area contributed by atoms with Gasteiger partial charge in [-0.2, -0.15) is 5.10 Å². The minimum Gasteiger partial charge on any atom is -0.326 e. The Kier molecular flexibility index (Phi) is 3.81. The number of H-pyrrole nitrogens is 1. The molecular formula is C16H19N3O. The van der Waals surface area contributed by atoms with E-state index in [2.05, 4.69) is 15.5 Å². The van der Waals surface area contributed by atoms with E-state index < -0.39 is 0 Å². The van der Waals surface area contributed by atoms with Gasteiger partial charge in [-0.15, -0.1) is 0 Å². The number of carbonyl (C=O) groups excluding carboxylic acids is 1. The minimum atomic E-state index is 0.166. The van der Waals surface area contributed by atoms with Crippen molar-refractivity contribution in [2.24, 2.45) is 5.92 Å². The average Bonchev–Trinajstić information content (AvgIpc) is 3.03. The zero-order valence-electron chi connectivity index (χ0n) is 11.4. The summed E-state index contributed by atoms with van der Waals surface area (Å²) in [5.41, 5.74) is 2.91. The fourth-order valence-corrected chi connectivity index (χ4v) is 2.76. The molecular weight excluding hydrogens is 250 g/mol. The number of rotatable bonds is 3. The molecule has 1 aromatic carbocycles. The van der Waals surface area contributed by atoms with Crippen molar-refractivity contribution in [3.63, 3.8) is 0 Å². The first-order valence-corrected chi connectivity index (χ1v) is 7.23. The molecule has 1 fully saturated rings. The molecule has 1 aliphatic carbocycles. The highest BCUT2D eigenvalue weighted by molar-refractivity contribution is 5.92. The van der Waals surface area contributed by atoms with Crippen molar-refractivity contribution in [3.05, 3.63) is 36.5 Å². The molecule has 3 rings (SSSR count). The summed E-state index contributed by atoms with van der Waals surface area (Å²) in [5, 5.41) is 9.88. The van der Waals surface area contributed by atoms with Gasteiger partial charge in [0.25, 0.3) is 0 Å². The van der Waals surface area contributed by atoms with Gasteiger partial charge in [0.1, 0.15) is 0 Å². The molecule has 0 atom stereocenters. The Balaban J connectivity index is 1.64. The standard InChI is InChI=1S/C16H19N3O/c20-16(13-4-2-1-3-5-13)18-14-8-6-12(7-9-14)15-10-11-17-19-15/h6-11,13H,1-5H2,(H,17,19)(H,18,20). The number of amides is 1. The quantitative estimate of drug-likeness (QED) is 0.894. The van der Waals surface area contributed by atoms with Crippen LogP contribution in [0.25, 0.3) is 11.3 Å². The Bertz CT molecular complexity index is 554. The summed E-state index contributed by atoms with van der Waals surface area (Å²) in [5.74, 6) is 0.357. The van der Waals surface area contributed by atoms with E-state index in [-0.39, 0.29) is 11.8 Å². The van der Waals surface area contributed by atoms with Crippen LogP contribution < -0.4 is 5.32 Å². The molecule has 4 heteroatoms. The predicted octanol–water partition coefficient (Wildman–Crippen LogP) is 3.60. The maximum Gasteiger partial charge on any atom is 0.227 e. The van der Waals surface area contributed by atoms with E-state index >= 15 is 0 Å². The fourth-order valence-electron chi connectivity index (χ4n) is 2.76. The highest BCUT2D eigenvalue weighted by Crippen LogP contribution is 2.25. The van der Waals surface area contributed by atoms with Crippen LogP contribution in [0, 0.1) is 5.92 Å². The third-order valence-corrected chi connectivity index (χ3v) is 3.94. The lowest BCUT2D eigenvalue weighted by Gasteiger charge is -2.20. The van der Waals surface area contributed by atoms with Crippen LogP contribution in [0.2, 0.25) is 0 Å². The average molecular weight is 269 g/mol. The molecule has 1 aliphatic rings. The zero-order valence-corrected chi connectivity index (χ0v) is 11.4. The Morgan fingerprint density at radius 2 is 1.85 bits per heavy atom. The number of hydrogen-bond donors (Lipinski definition) is 2. The Labute approximate surface area is 118 Å². The van der Waals surface area contributed by atoms with Crippen molar-refractivity contribution < 1.29 is 4.79 Å². The summed E-state index contributed by atoms with van der Waals surface area (Å²) in [6, 6.07) is 9.79. The van der Waals surface area contributed by atoms with Crippen LogP contribution in [0.4, 0.5) is 5.69 Å². The predicted molar refractivity (Wildman–Crippen MR) is 79.2 cm³/mol. The molecule has 1 aromatic heterocycles. The van der Waals surface area contributed by atoms with Gasteiger partial charge in [-0.25, -0.2) is 0 Å². The largest absolute Gasteiger partial charge is 0.326 e. The van der Waals surface area contributed by atoms with Crippen molar-refractivity contribution in [3.8, 4) is 11.3 Å². The summed E-state index contributed by atoms with van der Waals surface area (Å²) in [4.78, 5) is 12.2. The smallest absolute Gasteiger partial charge is 0.227 e. The van der Waals surface area contributed by atoms with E-state index in [1.807, 2.05) is 30.3 Å². The lowest BCUT2D eigenvalue weighted by Crippen LogP contribution is -2.24. The topological polar surface area (TPSA) is 57.8 Å². The van der Waals surface area contributed by atoms with Crippen LogP contribution >= 0.6 is 0 Å². The molecule has 104 valence electrons. The summed E-state index contributed by atoms with van der Waals surface area (Å²) < 4.78 is 0. The van der Waals surface area contributed by atoms with Crippen molar-refractivity contribution in [2.45, 2.75) is 32.1 Å². The Hall–Kier alpha value is -2.10. The summed E-state index contributed by atoms with van der Waals surface area (Å²) in [6.45, 7) is 0. The van der Waals surface area contributed by atoms with Gasteiger partial charge >= 0.3 is 0 Å². The van der Waals surface area contributed by atoms with E-state index in [4.69, 9.17) is 0 Å². The number of hydrogen-bond acceptors (Lipinski definition) is 2. The second kappa shape index (κ2) is 5.90. The fraction of sp³-hybridized carbons (Fsp3) is 0.375. The van der Waals surface area contributed by atoms with E-state index in [0.29, 0.717) is 0 Å². The van der Waals surface area contributed by atoms with Gasteiger partial charge < -0.3 is 5.32 Å². The second-order valence-corrected chi connectivity index (χ2v) is 5.37. The maximum atomic E-state index is 12.2. The SMILES string of the molecule is O=C(Nc1ccc(-c2ccn[nH]2)cc1)C1CCCCC1. The molecule has 2 aromatic rings. The lowest BCUT2D eigenvalue weighted by atomic mass is 9.88. The van der Waals surface area contributed by atoms with E-state index in [1.165, 1.54) is 19.3 Å². The minimum absolute atomic E-state index is 0.166. The molecule has 0 saturated heterocycles. The third kappa shape index (κ3) is 2.90. The van der Waals surface area contributed by atoms with Gasteiger partial charge in [-0.3, -0.25) is 9.89 Å². The molecule has 0 radical (unpaired) electrons. The van der Waals surface area contributed by atoms with Crippen LogP contribution in [0.1, 0.15) is 32.1 Å². The van der Waals surface area contributed by atoms with E-state index in [1.54, 1.807) is 6.20 Å². The third-order valence-electron chi connectivity index (χ3n) is 3.94. The zero-order chi connectivity index (χ0) is 13.8. The Morgan fingerprint density at radius 3 is 2.50 bits per heavy atom. The van der Waals surface area contributed by atoms with E-state index in [9.17, 15) is 4.79 Å². The van der Waals surface area contributed by atoms with Gasteiger partial charge in [0.15, 0.2) is 0 Å². The number of anilines is 1. The number of carbonyl (C=O) groups is 1. The van der Waals surface area contributed by atoms with Crippen LogP contribution in [0.3, 0.4) is 0 Å². The van der Waals surface area contributed by atoms with Crippen molar-refractivity contribution in [1.82, 2.24) is 10.2 Å². The van der Waals surface area contributed by atoms with Gasteiger partial charge in [-0.05, 0) is 36.6 Å². The number of nitrogens with one attached hydrogen (secondary N) is 2. The number of aromatic amines is 1. The first-order valence-electron chi connectivity index (χ1n) is 7.23. The Morgan fingerprint density at radius 1 is 1.10 bits per heavy atom. The van der Waals surface area contributed by atoms with Gasteiger partial charge in [0.05, 0.1) is 5.69 Å². The van der Waals surface area contributed by atoms with E-state index in [0.717, 1.165) is 29.8 Å². The summed E-state index contributed by atoms with van der Waals surface area (Å²) in [7, 11) is 0. The highest BCUT2D eigenvalue weighted by Gasteiger charge is 2.20. The molecule has 1 heterocycles. The van der Waals surface area contributed by atoms with Crippen molar-refractivity contribution in [2.75, 3.05) is 5.32 Å². The first kappa shape index (κ1) is 12.9. The number of nitrogens with zero attached hydrogens (tertiary/aromatic N) is 1. The van der Waals surface area contributed by atoms with Gasteiger partial charge in [0.2, 0.25) is 5.91 Å². The first-order chi connectivity index (χ1) is 9.83. The van der Waals surface area contributed by atoms with Crippen LogP contribution in [0.5, 0.6) is 0 Å². The molecule has 4 nitrogen and oxygen atoms in total. The number of aromatic nitrogens is 2. The maximum absolute atomic E-state index is 12.2. The molecule has 20 heavy (non-hydrogen) atoms. The summed E-state index contributed by atoms with van der Waals surface area (Å²) >= 11 is 0. The molecule has 0 aliphatic heterocycles. The highest BCUT2D eigenvalue weighted by atomic mass is 16.1. The molecule has 0 bridgehead atoms. The normalized spacial score (nSPS) is 16.0. The van der Waals surface area contributed by atoms with Crippen LogP contribution in [-0.2, 0) is 4.79 Å².